The lowest BCUT2D eigenvalue weighted by Gasteiger charge is -2.08. The number of hydrogen-bond donors (Lipinski definition) is 1. The predicted octanol–water partition coefficient (Wildman–Crippen LogP) is 2.15. The Morgan fingerprint density at radius 2 is 2.12 bits per heavy atom. The highest BCUT2D eigenvalue weighted by molar-refractivity contribution is 7.91. The van der Waals surface area contributed by atoms with Crippen molar-refractivity contribution in [3.63, 3.8) is 0 Å². The first-order chi connectivity index (χ1) is 7.95. The van der Waals surface area contributed by atoms with Crippen LogP contribution in [0.1, 0.15) is 26.2 Å². The molecule has 0 aliphatic heterocycles. The Hall–Kier alpha value is -0.940. The van der Waals surface area contributed by atoms with E-state index >= 15 is 0 Å². The lowest BCUT2D eigenvalue weighted by Crippen LogP contribution is -2.11. The molecule has 17 heavy (non-hydrogen) atoms. The van der Waals surface area contributed by atoms with Crippen LogP contribution in [0.3, 0.4) is 0 Å². The SMILES string of the molecule is CCC(O)CCCS(=O)(=O)c1cccc(F)c1. The van der Waals surface area contributed by atoms with Crippen LogP contribution in [-0.4, -0.2) is 25.4 Å². The van der Waals surface area contributed by atoms with Crippen LogP contribution in [0, 0.1) is 5.82 Å². The van der Waals surface area contributed by atoms with Crippen molar-refractivity contribution < 1.29 is 17.9 Å². The first kappa shape index (κ1) is 14.1. The third kappa shape index (κ3) is 4.44. The van der Waals surface area contributed by atoms with E-state index < -0.39 is 21.8 Å². The predicted molar refractivity (Wildman–Crippen MR) is 64.0 cm³/mol. The first-order valence-electron chi connectivity index (χ1n) is 5.62. The fraction of sp³-hybridized carbons (Fsp3) is 0.500. The van der Waals surface area contributed by atoms with E-state index in [1.54, 1.807) is 0 Å². The Morgan fingerprint density at radius 1 is 1.41 bits per heavy atom. The van der Waals surface area contributed by atoms with Crippen LogP contribution in [-0.2, 0) is 9.84 Å². The minimum absolute atomic E-state index is 0.00323. The van der Waals surface area contributed by atoms with Crippen LogP contribution in [0.25, 0.3) is 0 Å². The lowest BCUT2D eigenvalue weighted by molar-refractivity contribution is 0.159. The molecule has 1 atom stereocenters. The molecule has 96 valence electrons. The highest BCUT2D eigenvalue weighted by Gasteiger charge is 2.15. The summed E-state index contributed by atoms with van der Waals surface area (Å²) in [5, 5.41) is 9.31. The van der Waals surface area contributed by atoms with E-state index in [9.17, 15) is 17.9 Å². The van der Waals surface area contributed by atoms with Crippen LogP contribution in [0.15, 0.2) is 29.2 Å². The molecule has 0 spiro atoms. The maximum absolute atomic E-state index is 12.9. The van der Waals surface area contributed by atoms with E-state index in [-0.39, 0.29) is 10.6 Å². The van der Waals surface area contributed by atoms with Gasteiger partial charge >= 0.3 is 0 Å². The molecule has 0 saturated heterocycles. The molecule has 0 radical (unpaired) electrons. The quantitative estimate of drug-likeness (QED) is 0.852. The summed E-state index contributed by atoms with van der Waals surface area (Å²) in [6.07, 6.45) is 0.983. The molecule has 1 N–H and O–H groups in total. The van der Waals surface area contributed by atoms with Gasteiger partial charge in [-0.3, -0.25) is 0 Å². The number of rotatable bonds is 6. The van der Waals surface area contributed by atoms with E-state index in [2.05, 4.69) is 0 Å². The van der Waals surface area contributed by atoms with Gasteiger partial charge in [0.1, 0.15) is 5.82 Å². The highest BCUT2D eigenvalue weighted by atomic mass is 32.2. The zero-order valence-corrected chi connectivity index (χ0v) is 10.6. The maximum atomic E-state index is 12.9. The lowest BCUT2D eigenvalue weighted by atomic mass is 10.2. The van der Waals surface area contributed by atoms with Crippen LogP contribution in [0.2, 0.25) is 0 Å². The van der Waals surface area contributed by atoms with Gasteiger partial charge < -0.3 is 5.11 Å². The summed E-state index contributed by atoms with van der Waals surface area (Å²) in [4.78, 5) is 0.00323. The summed E-state index contributed by atoms with van der Waals surface area (Å²) in [6, 6.07) is 4.99. The standard InChI is InChI=1S/C12H17FO3S/c1-2-11(14)6-4-8-17(15,16)12-7-3-5-10(13)9-12/h3,5,7,9,11,14H,2,4,6,8H2,1H3. The fourth-order valence-corrected chi connectivity index (χ4v) is 2.85. The molecule has 0 saturated carbocycles. The van der Waals surface area contributed by atoms with Gasteiger partial charge in [0, 0.05) is 0 Å². The molecule has 0 aliphatic rings. The molecule has 1 unspecified atom stereocenters. The molecule has 1 rings (SSSR count). The van der Waals surface area contributed by atoms with Gasteiger partial charge in [-0.05, 0) is 37.5 Å². The second kappa shape index (κ2) is 6.12. The number of aliphatic hydroxyl groups is 1. The topological polar surface area (TPSA) is 54.4 Å². The van der Waals surface area contributed by atoms with E-state index in [0.29, 0.717) is 19.3 Å². The van der Waals surface area contributed by atoms with Crippen molar-refractivity contribution in [3.05, 3.63) is 30.1 Å². The molecule has 0 aromatic heterocycles. The molecule has 5 heteroatoms. The number of benzene rings is 1. The maximum Gasteiger partial charge on any atom is 0.178 e. The average molecular weight is 260 g/mol. The molecular weight excluding hydrogens is 243 g/mol. The average Bonchev–Trinajstić information content (AvgIpc) is 2.28. The normalized spacial score (nSPS) is 13.6. The third-order valence-corrected chi connectivity index (χ3v) is 4.38. The molecule has 3 nitrogen and oxygen atoms in total. The van der Waals surface area contributed by atoms with E-state index in [4.69, 9.17) is 0 Å². The van der Waals surface area contributed by atoms with Crippen LogP contribution >= 0.6 is 0 Å². The van der Waals surface area contributed by atoms with Gasteiger partial charge in [0.15, 0.2) is 9.84 Å². The summed E-state index contributed by atoms with van der Waals surface area (Å²) < 4.78 is 36.5. The number of halogens is 1. The highest BCUT2D eigenvalue weighted by Crippen LogP contribution is 2.14. The summed E-state index contributed by atoms with van der Waals surface area (Å²) in [6.45, 7) is 1.84. The smallest absolute Gasteiger partial charge is 0.178 e. The Kier molecular flexibility index (Phi) is 5.08. The van der Waals surface area contributed by atoms with E-state index in [0.717, 1.165) is 6.07 Å². The van der Waals surface area contributed by atoms with Gasteiger partial charge in [-0.2, -0.15) is 0 Å². The largest absolute Gasteiger partial charge is 0.393 e. The summed E-state index contributed by atoms with van der Waals surface area (Å²) in [7, 11) is -3.44. The molecule has 1 aromatic rings. The summed E-state index contributed by atoms with van der Waals surface area (Å²) in [5.74, 6) is -0.618. The van der Waals surface area contributed by atoms with E-state index in [1.165, 1.54) is 18.2 Å². The number of aliphatic hydroxyl groups excluding tert-OH is 1. The third-order valence-electron chi connectivity index (χ3n) is 2.58. The van der Waals surface area contributed by atoms with Gasteiger partial charge in [0.25, 0.3) is 0 Å². The summed E-state index contributed by atoms with van der Waals surface area (Å²) >= 11 is 0. The Labute approximate surface area is 101 Å². The Morgan fingerprint density at radius 3 is 2.71 bits per heavy atom. The van der Waals surface area contributed by atoms with Crippen molar-refractivity contribution >= 4 is 9.84 Å². The van der Waals surface area contributed by atoms with Crippen LogP contribution in [0.5, 0.6) is 0 Å². The van der Waals surface area contributed by atoms with Crippen molar-refractivity contribution in [3.8, 4) is 0 Å². The minimum Gasteiger partial charge on any atom is -0.393 e. The Balaban J connectivity index is 2.63. The summed E-state index contributed by atoms with van der Waals surface area (Å²) in [5.41, 5.74) is 0. The van der Waals surface area contributed by atoms with Crippen LogP contribution < -0.4 is 0 Å². The van der Waals surface area contributed by atoms with Crippen LogP contribution in [0.4, 0.5) is 4.39 Å². The minimum atomic E-state index is -3.44. The van der Waals surface area contributed by atoms with Crippen molar-refractivity contribution in [1.29, 1.82) is 0 Å². The monoisotopic (exact) mass is 260 g/mol. The van der Waals surface area contributed by atoms with E-state index in [1.807, 2.05) is 6.92 Å². The number of sulfone groups is 1. The molecule has 0 amide bonds. The van der Waals surface area contributed by atoms with Crippen molar-refractivity contribution in [2.45, 2.75) is 37.2 Å². The molecule has 0 bridgehead atoms. The van der Waals surface area contributed by atoms with Gasteiger partial charge in [0.2, 0.25) is 0 Å². The fourth-order valence-electron chi connectivity index (χ4n) is 1.49. The molecule has 1 aromatic carbocycles. The van der Waals surface area contributed by atoms with Gasteiger partial charge in [-0.1, -0.05) is 13.0 Å². The second-order valence-electron chi connectivity index (χ2n) is 3.98. The molecule has 0 heterocycles. The zero-order valence-electron chi connectivity index (χ0n) is 9.77. The van der Waals surface area contributed by atoms with Gasteiger partial charge in [-0.15, -0.1) is 0 Å². The second-order valence-corrected chi connectivity index (χ2v) is 6.09. The van der Waals surface area contributed by atoms with Gasteiger partial charge in [0.05, 0.1) is 16.8 Å². The van der Waals surface area contributed by atoms with Crippen molar-refractivity contribution in [1.82, 2.24) is 0 Å². The number of hydrogen-bond acceptors (Lipinski definition) is 3. The van der Waals surface area contributed by atoms with Crippen molar-refractivity contribution in [2.75, 3.05) is 5.75 Å². The molecular formula is C12H17FO3S. The Bertz CT molecular complexity index is 457. The van der Waals surface area contributed by atoms with Crippen molar-refractivity contribution in [2.24, 2.45) is 0 Å². The zero-order chi connectivity index (χ0) is 12.9. The van der Waals surface area contributed by atoms with Gasteiger partial charge in [-0.25, -0.2) is 12.8 Å². The first-order valence-corrected chi connectivity index (χ1v) is 7.27. The molecule has 0 fully saturated rings. The molecule has 0 aliphatic carbocycles.